The van der Waals surface area contributed by atoms with Gasteiger partial charge in [0.05, 0.1) is 16.1 Å². The van der Waals surface area contributed by atoms with Crippen LogP contribution in [0, 0.1) is 0 Å². The van der Waals surface area contributed by atoms with Crippen molar-refractivity contribution in [2.24, 2.45) is 4.99 Å². The van der Waals surface area contributed by atoms with Crippen molar-refractivity contribution < 1.29 is 23.1 Å². The van der Waals surface area contributed by atoms with E-state index in [2.05, 4.69) is 10.3 Å². The number of nitrogens with one attached hydrogen (secondary N) is 1. The maximum absolute atomic E-state index is 13.2. The average molecular weight is 480 g/mol. The number of hydrogen-bond donors (Lipinski definition) is 2. The third kappa shape index (κ3) is 5.38. The maximum Gasteiger partial charge on any atom is 0.337 e. The molecule has 8 nitrogen and oxygen atoms in total. The number of benzene rings is 3. The van der Waals surface area contributed by atoms with E-state index in [-0.39, 0.29) is 21.7 Å². The zero-order chi connectivity index (χ0) is 24.9. The molecule has 0 aliphatic carbocycles. The molecule has 0 heterocycles. The van der Waals surface area contributed by atoms with Crippen LogP contribution >= 0.6 is 0 Å². The van der Waals surface area contributed by atoms with Crippen molar-refractivity contribution in [3.63, 3.8) is 0 Å². The Bertz CT molecular complexity index is 1340. The highest BCUT2D eigenvalue weighted by Crippen LogP contribution is 2.26. The van der Waals surface area contributed by atoms with Crippen molar-refractivity contribution >= 4 is 33.8 Å². The number of rotatable bonds is 8. The van der Waals surface area contributed by atoms with Crippen LogP contribution in [0.4, 0.5) is 5.69 Å². The SMILES string of the molecule is CN=Cc1ccc(NC(=O)c2cccc(S(=O)(=O)N(C)[C@H](C)c3ccccc3)c2)c(C(=O)O)c1. The van der Waals surface area contributed by atoms with Crippen LogP contribution in [0.5, 0.6) is 0 Å². The van der Waals surface area contributed by atoms with Crippen LogP contribution in [0.25, 0.3) is 0 Å². The van der Waals surface area contributed by atoms with Crippen molar-refractivity contribution in [3.8, 4) is 0 Å². The number of nitrogens with zero attached hydrogens (tertiary/aromatic N) is 2. The van der Waals surface area contributed by atoms with E-state index in [4.69, 9.17) is 0 Å². The second-order valence-corrected chi connectivity index (χ2v) is 9.58. The lowest BCUT2D eigenvalue weighted by Crippen LogP contribution is -2.30. The molecule has 0 spiro atoms. The molecule has 0 unspecified atom stereocenters. The molecule has 0 fully saturated rings. The number of carbonyl (C=O) groups is 2. The number of carboxylic acids is 1. The second-order valence-electron chi connectivity index (χ2n) is 7.59. The molecule has 0 aliphatic rings. The molecule has 1 amide bonds. The van der Waals surface area contributed by atoms with Gasteiger partial charge in [-0.15, -0.1) is 0 Å². The Morgan fingerprint density at radius 1 is 1.03 bits per heavy atom. The highest BCUT2D eigenvalue weighted by Gasteiger charge is 2.27. The van der Waals surface area contributed by atoms with Gasteiger partial charge in [0.15, 0.2) is 0 Å². The standard InChI is InChI=1S/C25H25N3O5S/c1-17(19-8-5-4-6-9-19)28(3)34(32,33)21-11-7-10-20(15-21)24(29)27-23-13-12-18(16-26-2)14-22(23)25(30)31/h4-17H,1-3H3,(H,27,29)(H,30,31)/t17-/m1/s1. The van der Waals surface area contributed by atoms with Gasteiger partial charge >= 0.3 is 5.97 Å². The van der Waals surface area contributed by atoms with Crippen molar-refractivity contribution in [2.75, 3.05) is 19.4 Å². The summed E-state index contributed by atoms with van der Waals surface area (Å²) in [4.78, 5) is 28.3. The van der Waals surface area contributed by atoms with Gasteiger partial charge in [0.1, 0.15) is 0 Å². The average Bonchev–Trinajstić information content (AvgIpc) is 2.84. The van der Waals surface area contributed by atoms with E-state index < -0.39 is 27.9 Å². The van der Waals surface area contributed by atoms with E-state index in [1.54, 1.807) is 20.0 Å². The topological polar surface area (TPSA) is 116 Å². The van der Waals surface area contributed by atoms with Gasteiger partial charge in [-0.2, -0.15) is 4.31 Å². The van der Waals surface area contributed by atoms with E-state index in [1.165, 1.54) is 54.0 Å². The van der Waals surface area contributed by atoms with Gasteiger partial charge in [0.25, 0.3) is 5.91 Å². The fourth-order valence-electron chi connectivity index (χ4n) is 3.39. The van der Waals surface area contributed by atoms with E-state index in [0.717, 1.165) is 5.56 Å². The Balaban J connectivity index is 1.88. The number of carboxylic acid groups (broad SMARTS) is 1. The van der Waals surface area contributed by atoms with Gasteiger partial charge in [0.2, 0.25) is 10.0 Å². The third-order valence-electron chi connectivity index (χ3n) is 5.40. The number of amides is 1. The zero-order valence-electron chi connectivity index (χ0n) is 19.0. The van der Waals surface area contributed by atoms with E-state index in [0.29, 0.717) is 5.56 Å². The Morgan fingerprint density at radius 3 is 2.38 bits per heavy atom. The summed E-state index contributed by atoms with van der Waals surface area (Å²) in [7, 11) is -0.853. The minimum Gasteiger partial charge on any atom is -0.478 e. The Kier molecular flexibility index (Phi) is 7.60. The maximum atomic E-state index is 13.2. The molecule has 9 heteroatoms. The normalized spacial score (nSPS) is 12.6. The summed E-state index contributed by atoms with van der Waals surface area (Å²) in [5.41, 5.74) is 1.47. The lowest BCUT2D eigenvalue weighted by atomic mass is 10.1. The van der Waals surface area contributed by atoms with E-state index >= 15 is 0 Å². The van der Waals surface area contributed by atoms with Gasteiger partial charge in [-0.05, 0) is 48.4 Å². The number of sulfonamides is 1. The van der Waals surface area contributed by atoms with Crippen LogP contribution in [0.1, 0.15) is 44.8 Å². The quantitative estimate of drug-likeness (QED) is 0.473. The summed E-state index contributed by atoms with van der Waals surface area (Å²) in [6.07, 6.45) is 1.50. The molecule has 0 saturated heterocycles. The number of aromatic carboxylic acids is 1. The van der Waals surface area contributed by atoms with E-state index in [9.17, 15) is 23.1 Å². The summed E-state index contributed by atoms with van der Waals surface area (Å²) < 4.78 is 27.7. The molecule has 3 rings (SSSR count). The first kappa shape index (κ1) is 24.8. The molecule has 3 aromatic carbocycles. The highest BCUT2D eigenvalue weighted by molar-refractivity contribution is 7.89. The zero-order valence-corrected chi connectivity index (χ0v) is 19.8. The number of hydrogen-bond acceptors (Lipinski definition) is 5. The summed E-state index contributed by atoms with van der Waals surface area (Å²) in [6.45, 7) is 1.78. The molecule has 34 heavy (non-hydrogen) atoms. The first-order valence-electron chi connectivity index (χ1n) is 10.4. The molecular formula is C25H25N3O5S. The molecule has 0 bridgehead atoms. The predicted octanol–water partition coefficient (Wildman–Crippen LogP) is 4.07. The second kappa shape index (κ2) is 10.4. The number of anilines is 1. The molecule has 176 valence electrons. The molecule has 0 saturated carbocycles. The van der Waals surface area contributed by atoms with Gasteiger partial charge in [0, 0.05) is 31.9 Å². The Morgan fingerprint density at radius 2 is 1.74 bits per heavy atom. The summed E-state index contributed by atoms with van der Waals surface area (Å²) in [6, 6.07) is 18.9. The van der Waals surface area contributed by atoms with Crippen LogP contribution in [0.2, 0.25) is 0 Å². The third-order valence-corrected chi connectivity index (χ3v) is 7.33. The lowest BCUT2D eigenvalue weighted by Gasteiger charge is -2.25. The van der Waals surface area contributed by atoms with Gasteiger partial charge in [-0.3, -0.25) is 9.79 Å². The van der Waals surface area contributed by atoms with Gasteiger partial charge in [-0.25, -0.2) is 13.2 Å². The van der Waals surface area contributed by atoms with E-state index in [1.807, 2.05) is 30.3 Å². The highest BCUT2D eigenvalue weighted by atomic mass is 32.2. The van der Waals surface area contributed by atoms with Gasteiger partial charge in [-0.1, -0.05) is 42.5 Å². The Hall–Kier alpha value is -3.82. The van der Waals surface area contributed by atoms with Crippen molar-refractivity contribution in [1.82, 2.24) is 4.31 Å². The number of aliphatic imine (C=N–C) groups is 1. The molecule has 3 aromatic rings. The minimum atomic E-state index is -3.90. The molecular weight excluding hydrogens is 454 g/mol. The smallest absolute Gasteiger partial charge is 0.337 e. The van der Waals surface area contributed by atoms with Crippen LogP contribution in [-0.4, -0.2) is 50.0 Å². The molecule has 0 aromatic heterocycles. The molecule has 1 atom stereocenters. The molecule has 2 N–H and O–H groups in total. The number of carbonyl (C=O) groups excluding carboxylic acids is 1. The van der Waals surface area contributed by atoms with Crippen LogP contribution in [0.15, 0.2) is 82.7 Å². The van der Waals surface area contributed by atoms with Crippen molar-refractivity contribution in [3.05, 3.63) is 95.1 Å². The van der Waals surface area contributed by atoms with Crippen molar-refractivity contribution in [2.45, 2.75) is 17.9 Å². The van der Waals surface area contributed by atoms with Crippen LogP contribution < -0.4 is 5.32 Å². The predicted molar refractivity (Wildman–Crippen MR) is 131 cm³/mol. The fraction of sp³-hybridized carbons (Fsp3) is 0.160. The molecule has 0 aliphatic heterocycles. The first-order valence-corrected chi connectivity index (χ1v) is 11.8. The minimum absolute atomic E-state index is 0.0432. The lowest BCUT2D eigenvalue weighted by molar-refractivity contribution is 0.0698. The summed E-state index contributed by atoms with van der Waals surface area (Å²) >= 11 is 0. The largest absolute Gasteiger partial charge is 0.478 e. The Labute approximate surface area is 198 Å². The molecule has 0 radical (unpaired) electrons. The van der Waals surface area contributed by atoms with Crippen LogP contribution in [-0.2, 0) is 10.0 Å². The van der Waals surface area contributed by atoms with Crippen LogP contribution in [0.3, 0.4) is 0 Å². The summed E-state index contributed by atoms with van der Waals surface area (Å²) in [5, 5.41) is 12.1. The van der Waals surface area contributed by atoms with Gasteiger partial charge < -0.3 is 10.4 Å². The monoisotopic (exact) mass is 479 g/mol. The first-order chi connectivity index (χ1) is 16.1. The van der Waals surface area contributed by atoms with Crippen molar-refractivity contribution in [1.29, 1.82) is 0 Å². The fourth-order valence-corrected chi connectivity index (χ4v) is 4.78. The summed E-state index contributed by atoms with van der Waals surface area (Å²) in [5.74, 6) is -1.84.